The van der Waals surface area contributed by atoms with Gasteiger partial charge in [0.05, 0.1) is 18.2 Å². The average molecular weight is 274 g/mol. The highest BCUT2D eigenvalue weighted by Gasteiger charge is 2.32. The maximum absolute atomic E-state index is 12.7. The molecule has 2 heterocycles. The molecule has 1 unspecified atom stereocenters. The summed E-state index contributed by atoms with van der Waals surface area (Å²) in [5.41, 5.74) is 2.60. The molecule has 0 radical (unpaired) electrons. The molecule has 0 saturated carbocycles. The highest BCUT2D eigenvalue weighted by molar-refractivity contribution is 5.82. The molecule has 4 heteroatoms. The minimum Gasteiger partial charge on any atom is -0.372 e. The van der Waals surface area contributed by atoms with Crippen LogP contribution in [0.5, 0.6) is 0 Å². The number of amides is 1. The minimum atomic E-state index is -0.0950. The van der Waals surface area contributed by atoms with Gasteiger partial charge in [-0.05, 0) is 31.4 Å². The second-order valence-electron chi connectivity index (χ2n) is 5.91. The summed E-state index contributed by atoms with van der Waals surface area (Å²) >= 11 is 0. The van der Waals surface area contributed by atoms with Crippen molar-refractivity contribution in [1.29, 1.82) is 0 Å². The van der Waals surface area contributed by atoms with E-state index in [1.807, 2.05) is 30.9 Å². The van der Waals surface area contributed by atoms with Crippen LogP contribution in [0.25, 0.3) is 0 Å². The van der Waals surface area contributed by atoms with Gasteiger partial charge in [0, 0.05) is 19.6 Å². The van der Waals surface area contributed by atoms with E-state index in [0.29, 0.717) is 13.1 Å². The fourth-order valence-corrected chi connectivity index (χ4v) is 3.21. The first kappa shape index (κ1) is 13.6. The maximum atomic E-state index is 12.7. The summed E-state index contributed by atoms with van der Waals surface area (Å²) in [4.78, 5) is 14.6. The monoisotopic (exact) mass is 274 g/mol. The molecule has 3 rings (SSSR count). The van der Waals surface area contributed by atoms with Gasteiger partial charge in [0.2, 0.25) is 5.91 Å². The molecule has 108 valence electrons. The van der Waals surface area contributed by atoms with Gasteiger partial charge in [-0.1, -0.05) is 24.3 Å². The van der Waals surface area contributed by atoms with Crippen LogP contribution in [0.15, 0.2) is 24.3 Å². The number of carbonyl (C=O) groups is 1. The summed E-state index contributed by atoms with van der Waals surface area (Å²) in [6.07, 6.45) is 1.03. The van der Waals surface area contributed by atoms with Crippen molar-refractivity contribution in [2.75, 3.05) is 13.1 Å². The van der Waals surface area contributed by atoms with Gasteiger partial charge in [-0.3, -0.25) is 4.79 Å². The van der Waals surface area contributed by atoms with Gasteiger partial charge < -0.3 is 15.0 Å². The van der Waals surface area contributed by atoms with E-state index in [9.17, 15) is 4.79 Å². The third-order valence-electron chi connectivity index (χ3n) is 4.11. The molecule has 2 aliphatic rings. The van der Waals surface area contributed by atoms with Crippen LogP contribution in [0.1, 0.15) is 25.0 Å². The van der Waals surface area contributed by atoms with Gasteiger partial charge in [-0.15, -0.1) is 0 Å². The molecule has 1 fully saturated rings. The zero-order valence-electron chi connectivity index (χ0n) is 12.1. The zero-order chi connectivity index (χ0) is 14.1. The van der Waals surface area contributed by atoms with Crippen LogP contribution in [0, 0.1) is 0 Å². The van der Waals surface area contributed by atoms with Crippen molar-refractivity contribution in [3.05, 3.63) is 35.4 Å². The van der Waals surface area contributed by atoms with E-state index in [4.69, 9.17) is 4.74 Å². The van der Waals surface area contributed by atoms with Gasteiger partial charge in [0.25, 0.3) is 0 Å². The van der Waals surface area contributed by atoms with Crippen molar-refractivity contribution in [3.63, 3.8) is 0 Å². The molecule has 3 atom stereocenters. The quantitative estimate of drug-likeness (QED) is 0.840. The van der Waals surface area contributed by atoms with Crippen molar-refractivity contribution in [2.45, 2.75) is 45.1 Å². The number of nitrogens with one attached hydrogen (secondary N) is 1. The zero-order valence-corrected chi connectivity index (χ0v) is 12.1. The first-order chi connectivity index (χ1) is 9.63. The minimum absolute atomic E-state index is 0.0950. The molecular formula is C16H22N2O2. The highest BCUT2D eigenvalue weighted by Crippen LogP contribution is 2.19. The number of ether oxygens (including phenoxy) is 1. The number of hydrogen-bond donors (Lipinski definition) is 1. The lowest BCUT2D eigenvalue weighted by Crippen LogP contribution is -2.55. The van der Waals surface area contributed by atoms with Crippen molar-refractivity contribution in [2.24, 2.45) is 0 Å². The second kappa shape index (κ2) is 5.54. The fourth-order valence-electron chi connectivity index (χ4n) is 3.21. The van der Waals surface area contributed by atoms with E-state index >= 15 is 0 Å². The maximum Gasteiger partial charge on any atom is 0.240 e. The fraction of sp³-hybridized carbons (Fsp3) is 0.562. The molecule has 0 spiro atoms. The Bertz CT molecular complexity index is 493. The number of morpholine rings is 1. The molecule has 2 aliphatic heterocycles. The van der Waals surface area contributed by atoms with Crippen molar-refractivity contribution in [1.82, 2.24) is 10.2 Å². The van der Waals surface area contributed by atoms with Crippen LogP contribution in [-0.2, 0) is 22.5 Å². The first-order valence-corrected chi connectivity index (χ1v) is 7.38. The number of nitrogens with zero attached hydrogens (tertiary/aromatic N) is 1. The summed E-state index contributed by atoms with van der Waals surface area (Å²) in [7, 11) is 0. The van der Waals surface area contributed by atoms with Crippen LogP contribution >= 0.6 is 0 Å². The number of fused-ring (bicyclic) bond motifs is 1. The van der Waals surface area contributed by atoms with Crippen LogP contribution in [-0.4, -0.2) is 42.1 Å². The van der Waals surface area contributed by atoms with E-state index in [2.05, 4.69) is 17.4 Å². The average Bonchev–Trinajstić information content (AvgIpc) is 2.45. The molecule has 20 heavy (non-hydrogen) atoms. The summed E-state index contributed by atoms with van der Waals surface area (Å²) in [6, 6.07) is 8.25. The van der Waals surface area contributed by atoms with E-state index in [-0.39, 0.29) is 24.2 Å². The molecule has 1 amide bonds. The number of carbonyl (C=O) groups excluding carboxylic acids is 1. The molecule has 1 N–H and O–H groups in total. The van der Waals surface area contributed by atoms with Crippen molar-refractivity contribution < 1.29 is 9.53 Å². The Labute approximate surface area is 120 Å². The van der Waals surface area contributed by atoms with Gasteiger partial charge >= 0.3 is 0 Å². The summed E-state index contributed by atoms with van der Waals surface area (Å²) in [6.45, 7) is 6.23. The largest absolute Gasteiger partial charge is 0.372 e. The molecule has 0 aromatic heterocycles. The Balaban J connectivity index is 1.69. The molecule has 0 aliphatic carbocycles. The molecule has 0 bridgehead atoms. The van der Waals surface area contributed by atoms with Crippen molar-refractivity contribution >= 4 is 5.91 Å². The Hall–Kier alpha value is -1.39. The third-order valence-corrected chi connectivity index (χ3v) is 4.11. The number of rotatable bonds is 1. The Kier molecular flexibility index (Phi) is 3.76. The number of benzene rings is 1. The lowest BCUT2D eigenvalue weighted by molar-refractivity contribution is -0.145. The molecule has 1 saturated heterocycles. The van der Waals surface area contributed by atoms with Gasteiger partial charge in [-0.25, -0.2) is 0 Å². The highest BCUT2D eigenvalue weighted by atomic mass is 16.5. The van der Waals surface area contributed by atoms with E-state index in [1.54, 1.807) is 0 Å². The predicted octanol–water partition coefficient (Wildman–Crippen LogP) is 1.34. The lowest BCUT2D eigenvalue weighted by Gasteiger charge is -2.38. The third kappa shape index (κ3) is 2.72. The Morgan fingerprint density at radius 1 is 1.20 bits per heavy atom. The topological polar surface area (TPSA) is 41.6 Å². The molecule has 1 aromatic rings. The van der Waals surface area contributed by atoms with Gasteiger partial charge in [0.15, 0.2) is 0 Å². The standard InChI is InChI=1S/C16H22N2O2/c1-11-9-18(10-12(2)20-11)16(19)15-7-13-5-3-4-6-14(13)8-17-15/h3-6,11-12,15,17H,7-10H2,1-2H3/t11-,12+,15?. The van der Waals surface area contributed by atoms with Crippen LogP contribution in [0.3, 0.4) is 0 Å². The van der Waals surface area contributed by atoms with Crippen LogP contribution in [0.4, 0.5) is 0 Å². The first-order valence-electron chi connectivity index (χ1n) is 7.38. The normalized spacial score (nSPS) is 29.9. The SMILES string of the molecule is C[C@@H]1CN(C(=O)C2Cc3ccccc3CN2)C[C@H](C)O1. The summed E-state index contributed by atoms with van der Waals surface area (Å²) in [5, 5.41) is 3.37. The second-order valence-corrected chi connectivity index (χ2v) is 5.91. The van der Waals surface area contributed by atoms with Gasteiger partial charge in [-0.2, -0.15) is 0 Å². The van der Waals surface area contributed by atoms with Crippen LogP contribution in [0.2, 0.25) is 0 Å². The van der Waals surface area contributed by atoms with E-state index in [0.717, 1.165) is 13.0 Å². The van der Waals surface area contributed by atoms with E-state index in [1.165, 1.54) is 11.1 Å². The summed E-state index contributed by atoms with van der Waals surface area (Å²) in [5.74, 6) is 0.210. The molecule has 1 aromatic carbocycles. The van der Waals surface area contributed by atoms with Crippen LogP contribution < -0.4 is 5.32 Å². The smallest absolute Gasteiger partial charge is 0.240 e. The molecule has 4 nitrogen and oxygen atoms in total. The molecular weight excluding hydrogens is 252 g/mol. The predicted molar refractivity (Wildman–Crippen MR) is 77.4 cm³/mol. The van der Waals surface area contributed by atoms with Crippen molar-refractivity contribution in [3.8, 4) is 0 Å². The number of hydrogen-bond acceptors (Lipinski definition) is 3. The Morgan fingerprint density at radius 2 is 1.85 bits per heavy atom. The summed E-state index contributed by atoms with van der Waals surface area (Å²) < 4.78 is 5.70. The Morgan fingerprint density at radius 3 is 2.55 bits per heavy atom. The lowest BCUT2D eigenvalue weighted by atomic mass is 9.95. The van der Waals surface area contributed by atoms with Gasteiger partial charge in [0.1, 0.15) is 0 Å². The van der Waals surface area contributed by atoms with E-state index < -0.39 is 0 Å².